The quantitative estimate of drug-likeness (QED) is 0.744. The summed E-state index contributed by atoms with van der Waals surface area (Å²) in [6.45, 7) is 1.83. The van der Waals surface area contributed by atoms with E-state index in [0.717, 1.165) is 43.7 Å². The topological polar surface area (TPSA) is 50.2 Å². The Hall–Kier alpha value is -2.44. The lowest BCUT2D eigenvalue weighted by Gasteiger charge is -2.34. The van der Waals surface area contributed by atoms with Crippen LogP contribution in [0.1, 0.15) is 24.8 Å². The summed E-state index contributed by atoms with van der Waals surface area (Å²) in [7, 11) is 0. The summed E-state index contributed by atoms with van der Waals surface area (Å²) < 4.78 is 1.80. The Bertz CT molecular complexity index is 827. The minimum atomic E-state index is -0.0607. The molecule has 5 nitrogen and oxygen atoms in total. The molecule has 0 radical (unpaired) electrons. The van der Waals surface area contributed by atoms with Crippen LogP contribution < -0.4 is 5.32 Å². The molecule has 26 heavy (non-hydrogen) atoms. The smallest absolute Gasteiger partial charge is 0.241 e. The van der Waals surface area contributed by atoms with Crippen LogP contribution in [-0.4, -0.2) is 33.2 Å². The van der Waals surface area contributed by atoms with Crippen LogP contribution in [0.3, 0.4) is 0 Å². The Labute approximate surface area is 157 Å². The molecule has 0 bridgehead atoms. The van der Waals surface area contributed by atoms with Crippen molar-refractivity contribution in [2.75, 3.05) is 11.9 Å². The normalized spacial score (nSPS) is 17.9. The molecule has 1 aliphatic heterocycles. The summed E-state index contributed by atoms with van der Waals surface area (Å²) >= 11 is 1.71. The fourth-order valence-corrected chi connectivity index (χ4v) is 4.10. The monoisotopic (exact) mass is 366 g/mol. The van der Waals surface area contributed by atoms with Gasteiger partial charge in [0.15, 0.2) is 0 Å². The van der Waals surface area contributed by atoms with Crippen molar-refractivity contribution in [2.45, 2.75) is 31.8 Å². The van der Waals surface area contributed by atoms with Crippen molar-refractivity contribution in [1.29, 1.82) is 0 Å². The number of amides is 1. The minimum absolute atomic E-state index is 0.0607. The summed E-state index contributed by atoms with van der Waals surface area (Å²) in [6, 6.07) is 11.8. The van der Waals surface area contributed by atoms with E-state index in [2.05, 4.69) is 32.1 Å². The second-order valence-corrected chi connectivity index (χ2v) is 7.38. The van der Waals surface area contributed by atoms with E-state index >= 15 is 0 Å². The fraction of sp³-hybridized carbons (Fsp3) is 0.300. The van der Waals surface area contributed by atoms with E-state index in [0.29, 0.717) is 0 Å². The maximum Gasteiger partial charge on any atom is 0.241 e. The SMILES string of the molecule is O=C(Nc1ccc(-n2cccn2)cc1)[C@@H]1CCCCN1Cc1ccsc1. The van der Waals surface area contributed by atoms with Gasteiger partial charge < -0.3 is 5.32 Å². The molecule has 4 rings (SSSR count). The minimum Gasteiger partial charge on any atom is -0.325 e. The first kappa shape index (κ1) is 17.0. The van der Waals surface area contributed by atoms with Crippen LogP contribution in [0.25, 0.3) is 5.69 Å². The van der Waals surface area contributed by atoms with Gasteiger partial charge in [0.2, 0.25) is 5.91 Å². The lowest BCUT2D eigenvalue weighted by atomic mass is 10.0. The number of nitrogens with zero attached hydrogens (tertiary/aromatic N) is 3. The molecule has 1 N–H and O–H groups in total. The molecule has 1 aromatic carbocycles. The summed E-state index contributed by atoms with van der Waals surface area (Å²) in [4.78, 5) is 15.2. The van der Waals surface area contributed by atoms with E-state index in [1.165, 1.54) is 5.56 Å². The number of hydrogen-bond acceptors (Lipinski definition) is 4. The van der Waals surface area contributed by atoms with Crippen LogP contribution in [0.15, 0.2) is 59.6 Å². The first-order valence-corrected chi connectivity index (χ1v) is 9.90. The van der Waals surface area contributed by atoms with Crippen molar-refractivity contribution >= 4 is 22.9 Å². The predicted molar refractivity (Wildman–Crippen MR) is 105 cm³/mol. The highest BCUT2D eigenvalue weighted by atomic mass is 32.1. The van der Waals surface area contributed by atoms with E-state index in [9.17, 15) is 4.79 Å². The zero-order valence-electron chi connectivity index (χ0n) is 14.5. The highest BCUT2D eigenvalue weighted by Crippen LogP contribution is 2.22. The molecule has 1 aliphatic rings. The molecule has 1 fully saturated rings. The second-order valence-electron chi connectivity index (χ2n) is 6.60. The zero-order valence-corrected chi connectivity index (χ0v) is 15.4. The van der Waals surface area contributed by atoms with Crippen LogP contribution in [0.2, 0.25) is 0 Å². The average molecular weight is 366 g/mol. The van der Waals surface area contributed by atoms with Crippen molar-refractivity contribution < 1.29 is 4.79 Å². The van der Waals surface area contributed by atoms with E-state index in [4.69, 9.17) is 0 Å². The maximum atomic E-state index is 12.9. The molecule has 1 saturated heterocycles. The Morgan fingerprint density at radius 3 is 2.85 bits per heavy atom. The predicted octanol–water partition coefficient (Wildman–Crippen LogP) is 3.93. The van der Waals surface area contributed by atoms with Crippen molar-refractivity contribution in [3.05, 3.63) is 65.1 Å². The Morgan fingerprint density at radius 2 is 2.12 bits per heavy atom. The molecule has 134 valence electrons. The van der Waals surface area contributed by atoms with Gasteiger partial charge in [-0.05, 0) is 72.1 Å². The van der Waals surface area contributed by atoms with Gasteiger partial charge >= 0.3 is 0 Å². The third kappa shape index (κ3) is 3.86. The van der Waals surface area contributed by atoms with Gasteiger partial charge in [0.05, 0.1) is 11.7 Å². The van der Waals surface area contributed by atoms with Crippen molar-refractivity contribution in [2.24, 2.45) is 0 Å². The average Bonchev–Trinajstić information content (AvgIpc) is 3.37. The van der Waals surface area contributed by atoms with Gasteiger partial charge in [-0.15, -0.1) is 0 Å². The Morgan fingerprint density at radius 1 is 1.23 bits per heavy atom. The Kier molecular flexibility index (Phi) is 5.13. The molecule has 3 heterocycles. The van der Waals surface area contributed by atoms with E-state index in [1.54, 1.807) is 22.2 Å². The largest absolute Gasteiger partial charge is 0.325 e. The van der Waals surface area contributed by atoms with Crippen molar-refractivity contribution in [3.8, 4) is 5.69 Å². The molecule has 3 aromatic rings. The molecular weight excluding hydrogens is 344 g/mol. The number of benzene rings is 1. The molecular formula is C20H22N4OS. The maximum absolute atomic E-state index is 12.9. The number of thiophene rings is 1. The summed E-state index contributed by atoms with van der Waals surface area (Å²) in [6.07, 6.45) is 6.84. The van der Waals surface area contributed by atoms with E-state index in [-0.39, 0.29) is 11.9 Å². The molecule has 0 unspecified atom stereocenters. The van der Waals surface area contributed by atoms with Gasteiger partial charge in [-0.2, -0.15) is 16.4 Å². The van der Waals surface area contributed by atoms with Gasteiger partial charge in [0.25, 0.3) is 0 Å². The number of carbonyl (C=O) groups excluding carboxylic acids is 1. The third-order valence-corrected chi connectivity index (χ3v) is 5.52. The van der Waals surface area contributed by atoms with E-state index in [1.807, 2.05) is 36.5 Å². The lowest BCUT2D eigenvalue weighted by molar-refractivity contribution is -0.122. The molecule has 2 aromatic heterocycles. The number of likely N-dealkylation sites (tertiary alicyclic amines) is 1. The second kappa shape index (κ2) is 7.85. The molecule has 0 saturated carbocycles. The van der Waals surface area contributed by atoms with E-state index < -0.39 is 0 Å². The molecule has 1 atom stereocenters. The zero-order chi connectivity index (χ0) is 17.8. The number of rotatable bonds is 5. The first-order chi connectivity index (χ1) is 12.8. The van der Waals surface area contributed by atoms with Gasteiger partial charge in [-0.25, -0.2) is 4.68 Å². The van der Waals surface area contributed by atoms with Crippen LogP contribution >= 0.6 is 11.3 Å². The van der Waals surface area contributed by atoms with Crippen LogP contribution in [0.5, 0.6) is 0 Å². The van der Waals surface area contributed by atoms with Crippen LogP contribution in [0, 0.1) is 0 Å². The molecule has 1 amide bonds. The summed E-state index contributed by atoms with van der Waals surface area (Å²) in [5, 5.41) is 11.6. The van der Waals surface area contributed by atoms with Gasteiger partial charge in [0.1, 0.15) is 0 Å². The number of carbonyl (C=O) groups is 1. The van der Waals surface area contributed by atoms with Crippen molar-refractivity contribution in [1.82, 2.24) is 14.7 Å². The van der Waals surface area contributed by atoms with Crippen LogP contribution in [-0.2, 0) is 11.3 Å². The first-order valence-electron chi connectivity index (χ1n) is 8.96. The number of piperidine rings is 1. The number of hydrogen-bond donors (Lipinski definition) is 1. The third-order valence-electron chi connectivity index (χ3n) is 4.79. The highest BCUT2D eigenvalue weighted by molar-refractivity contribution is 7.07. The van der Waals surface area contributed by atoms with Gasteiger partial charge in [0, 0.05) is 24.6 Å². The molecule has 6 heteroatoms. The number of aromatic nitrogens is 2. The number of nitrogens with one attached hydrogen (secondary N) is 1. The fourth-order valence-electron chi connectivity index (χ4n) is 3.44. The summed E-state index contributed by atoms with van der Waals surface area (Å²) in [5.74, 6) is 0.0896. The van der Waals surface area contributed by atoms with Crippen LogP contribution in [0.4, 0.5) is 5.69 Å². The van der Waals surface area contributed by atoms with Gasteiger partial charge in [-0.3, -0.25) is 9.69 Å². The standard InChI is InChI=1S/C20H22N4OS/c25-20(19-4-1-2-11-23(19)14-16-9-13-26-15-16)22-17-5-7-18(8-6-17)24-12-3-10-21-24/h3,5-10,12-13,15,19H,1-2,4,11,14H2,(H,22,25)/t19-/m0/s1. The lowest BCUT2D eigenvalue weighted by Crippen LogP contribution is -2.46. The molecule has 0 spiro atoms. The van der Waals surface area contributed by atoms with Crippen molar-refractivity contribution in [3.63, 3.8) is 0 Å². The van der Waals surface area contributed by atoms with Gasteiger partial charge in [-0.1, -0.05) is 6.42 Å². The number of anilines is 1. The molecule has 0 aliphatic carbocycles. The summed E-state index contributed by atoms with van der Waals surface area (Å²) in [5.41, 5.74) is 3.09. The Balaban J connectivity index is 1.42. The highest BCUT2D eigenvalue weighted by Gasteiger charge is 2.28.